The van der Waals surface area contributed by atoms with E-state index in [1.165, 1.54) is 13.0 Å². The topological polar surface area (TPSA) is 50.2 Å². The normalized spacial score (nSPS) is 12.0. The third-order valence-electron chi connectivity index (χ3n) is 4.11. The number of carbonyl (C=O) groups excluding carboxylic acids is 1. The molecule has 3 nitrogen and oxygen atoms in total. The van der Waals surface area contributed by atoms with Crippen molar-refractivity contribution in [3.05, 3.63) is 89.0 Å². The smallest absolute Gasteiger partial charge is 0.159 e. The number of aryl methyl sites for hydroxylation is 1. The van der Waals surface area contributed by atoms with Gasteiger partial charge in [-0.05, 0) is 60.9 Å². The van der Waals surface area contributed by atoms with Gasteiger partial charge in [-0.3, -0.25) is 9.78 Å². The molecule has 2 aromatic carbocycles. The van der Waals surface area contributed by atoms with Crippen molar-refractivity contribution >= 4 is 5.78 Å². The van der Waals surface area contributed by atoms with E-state index in [1.54, 1.807) is 48.8 Å². The first-order chi connectivity index (χ1) is 12.0. The fraction of sp³-hybridized carbons (Fsp3) is 0.143. The number of halogens is 1. The predicted molar refractivity (Wildman–Crippen MR) is 94.9 cm³/mol. The van der Waals surface area contributed by atoms with Gasteiger partial charge in [0.15, 0.2) is 5.78 Å². The molecule has 1 aromatic heterocycles. The van der Waals surface area contributed by atoms with Crippen LogP contribution in [0.5, 0.6) is 0 Å². The molecule has 1 unspecified atom stereocenters. The minimum Gasteiger partial charge on any atom is -0.384 e. The van der Waals surface area contributed by atoms with Gasteiger partial charge in [0.05, 0.1) is 0 Å². The molecule has 0 aliphatic heterocycles. The van der Waals surface area contributed by atoms with Crippen molar-refractivity contribution in [2.45, 2.75) is 20.0 Å². The molecule has 0 radical (unpaired) electrons. The van der Waals surface area contributed by atoms with Gasteiger partial charge in [-0.2, -0.15) is 0 Å². The summed E-state index contributed by atoms with van der Waals surface area (Å²) in [5.74, 6) is -0.503. The van der Waals surface area contributed by atoms with Gasteiger partial charge >= 0.3 is 0 Å². The van der Waals surface area contributed by atoms with Crippen LogP contribution in [0.2, 0.25) is 0 Å². The van der Waals surface area contributed by atoms with Crippen molar-refractivity contribution in [2.24, 2.45) is 0 Å². The van der Waals surface area contributed by atoms with Crippen molar-refractivity contribution in [1.82, 2.24) is 4.98 Å². The maximum Gasteiger partial charge on any atom is 0.159 e. The summed E-state index contributed by atoms with van der Waals surface area (Å²) >= 11 is 0. The highest BCUT2D eigenvalue weighted by Crippen LogP contribution is 2.30. The highest BCUT2D eigenvalue weighted by atomic mass is 19.1. The summed E-state index contributed by atoms with van der Waals surface area (Å²) < 4.78 is 14.4. The number of benzene rings is 2. The Morgan fingerprint density at radius 2 is 1.92 bits per heavy atom. The number of Topliss-reactive ketones (excluding diaryl/α,β-unsaturated/α-hetero) is 1. The van der Waals surface area contributed by atoms with Crippen LogP contribution in [-0.4, -0.2) is 15.9 Å². The largest absolute Gasteiger partial charge is 0.384 e. The number of aliphatic hydroxyl groups is 1. The second kappa shape index (κ2) is 6.95. The Morgan fingerprint density at radius 3 is 2.56 bits per heavy atom. The Labute approximate surface area is 145 Å². The second-order valence-corrected chi connectivity index (χ2v) is 6.07. The number of hydrogen-bond acceptors (Lipinski definition) is 3. The number of aliphatic hydroxyl groups excluding tert-OH is 1. The fourth-order valence-corrected chi connectivity index (χ4v) is 2.75. The SMILES string of the molecule is CC(=O)c1cc(-c2ccc(C)cc2F)cc(C(O)c2cccnc2)c1. The van der Waals surface area contributed by atoms with Gasteiger partial charge in [-0.25, -0.2) is 4.39 Å². The number of hydrogen-bond donors (Lipinski definition) is 1. The van der Waals surface area contributed by atoms with E-state index in [-0.39, 0.29) is 11.6 Å². The second-order valence-electron chi connectivity index (χ2n) is 6.07. The highest BCUT2D eigenvalue weighted by Gasteiger charge is 2.16. The highest BCUT2D eigenvalue weighted by molar-refractivity contribution is 5.95. The molecule has 25 heavy (non-hydrogen) atoms. The lowest BCUT2D eigenvalue weighted by Crippen LogP contribution is -2.03. The van der Waals surface area contributed by atoms with E-state index in [2.05, 4.69) is 4.98 Å². The molecule has 1 heterocycles. The number of nitrogens with zero attached hydrogens (tertiary/aromatic N) is 1. The van der Waals surface area contributed by atoms with E-state index in [1.807, 2.05) is 13.0 Å². The lowest BCUT2D eigenvalue weighted by atomic mass is 9.93. The molecule has 0 fully saturated rings. The molecule has 0 saturated carbocycles. The molecule has 0 amide bonds. The lowest BCUT2D eigenvalue weighted by Gasteiger charge is -2.15. The zero-order chi connectivity index (χ0) is 18.0. The van der Waals surface area contributed by atoms with Crippen LogP contribution in [-0.2, 0) is 0 Å². The molecule has 126 valence electrons. The maximum atomic E-state index is 14.4. The molecule has 3 aromatic rings. The Kier molecular flexibility index (Phi) is 4.72. The maximum absolute atomic E-state index is 14.4. The number of ketones is 1. The Bertz CT molecular complexity index is 922. The average molecular weight is 335 g/mol. The first kappa shape index (κ1) is 17.0. The number of aromatic nitrogens is 1. The van der Waals surface area contributed by atoms with Crippen molar-refractivity contribution in [2.75, 3.05) is 0 Å². The van der Waals surface area contributed by atoms with Crippen LogP contribution in [0.15, 0.2) is 60.9 Å². The molecule has 0 bridgehead atoms. The average Bonchev–Trinajstić information content (AvgIpc) is 2.61. The molecule has 0 saturated heterocycles. The summed E-state index contributed by atoms with van der Waals surface area (Å²) in [5.41, 5.74) is 3.33. The monoisotopic (exact) mass is 335 g/mol. The van der Waals surface area contributed by atoms with Gasteiger partial charge in [0.2, 0.25) is 0 Å². The lowest BCUT2D eigenvalue weighted by molar-refractivity contribution is 0.101. The van der Waals surface area contributed by atoms with Crippen LogP contribution >= 0.6 is 0 Å². The van der Waals surface area contributed by atoms with Crippen LogP contribution in [0, 0.1) is 12.7 Å². The zero-order valence-corrected chi connectivity index (χ0v) is 14.0. The molecule has 4 heteroatoms. The molecule has 1 N–H and O–H groups in total. The van der Waals surface area contributed by atoms with Crippen molar-refractivity contribution in [1.29, 1.82) is 0 Å². The van der Waals surface area contributed by atoms with Gasteiger partial charge in [0.25, 0.3) is 0 Å². The number of carbonyl (C=O) groups is 1. The van der Waals surface area contributed by atoms with Crippen LogP contribution in [0.25, 0.3) is 11.1 Å². The Morgan fingerprint density at radius 1 is 1.12 bits per heavy atom. The summed E-state index contributed by atoms with van der Waals surface area (Å²) in [5, 5.41) is 10.6. The van der Waals surface area contributed by atoms with Gasteiger partial charge in [0.1, 0.15) is 11.9 Å². The molecular formula is C21H18FNO2. The van der Waals surface area contributed by atoms with Crippen molar-refractivity contribution in [3.8, 4) is 11.1 Å². The van der Waals surface area contributed by atoms with E-state index in [0.717, 1.165) is 5.56 Å². The first-order valence-corrected chi connectivity index (χ1v) is 7.96. The van der Waals surface area contributed by atoms with E-state index >= 15 is 0 Å². The van der Waals surface area contributed by atoms with Crippen molar-refractivity contribution in [3.63, 3.8) is 0 Å². The third-order valence-corrected chi connectivity index (χ3v) is 4.11. The van der Waals surface area contributed by atoms with E-state index in [9.17, 15) is 14.3 Å². The van der Waals surface area contributed by atoms with Crippen LogP contribution < -0.4 is 0 Å². The first-order valence-electron chi connectivity index (χ1n) is 7.96. The third kappa shape index (κ3) is 3.64. The Balaban J connectivity index is 2.14. The molecule has 1 atom stereocenters. The van der Waals surface area contributed by atoms with Crippen LogP contribution in [0.4, 0.5) is 4.39 Å². The summed E-state index contributed by atoms with van der Waals surface area (Å²) in [7, 11) is 0. The summed E-state index contributed by atoms with van der Waals surface area (Å²) in [6.45, 7) is 3.27. The van der Waals surface area contributed by atoms with E-state index in [4.69, 9.17) is 0 Å². The molecule has 0 aliphatic carbocycles. The van der Waals surface area contributed by atoms with Crippen LogP contribution in [0.3, 0.4) is 0 Å². The zero-order valence-electron chi connectivity index (χ0n) is 14.0. The van der Waals surface area contributed by atoms with E-state index in [0.29, 0.717) is 27.8 Å². The summed E-state index contributed by atoms with van der Waals surface area (Å²) in [4.78, 5) is 15.9. The minimum atomic E-state index is -0.944. The molecular weight excluding hydrogens is 317 g/mol. The van der Waals surface area contributed by atoms with Crippen molar-refractivity contribution < 1.29 is 14.3 Å². The standard InChI is InChI=1S/C21H18FNO2/c1-13-5-6-19(20(22)8-13)17-9-16(14(2)24)10-18(11-17)21(25)15-4-3-7-23-12-15/h3-12,21,25H,1-2H3. The molecule has 0 aliphatic rings. The quantitative estimate of drug-likeness (QED) is 0.715. The fourth-order valence-electron chi connectivity index (χ4n) is 2.75. The van der Waals surface area contributed by atoms with Gasteiger partial charge < -0.3 is 5.11 Å². The minimum absolute atomic E-state index is 0.144. The number of pyridine rings is 1. The van der Waals surface area contributed by atoms with E-state index < -0.39 is 6.10 Å². The molecule has 3 rings (SSSR count). The summed E-state index contributed by atoms with van der Waals surface area (Å²) in [6, 6.07) is 13.4. The summed E-state index contributed by atoms with van der Waals surface area (Å²) in [6.07, 6.45) is 2.24. The number of rotatable bonds is 4. The molecule has 0 spiro atoms. The van der Waals surface area contributed by atoms with Gasteiger partial charge in [-0.15, -0.1) is 0 Å². The van der Waals surface area contributed by atoms with Gasteiger partial charge in [-0.1, -0.05) is 18.2 Å². The Hall–Kier alpha value is -2.85. The van der Waals surface area contributed by atoms with Gasteiger partial charge in [0, 0.05) is 29.1 Å². The predicted octanol–water partition coefficient (Wildman–Crippen LogP) is 4.48. The van der Waals surface area contributed by atoms with Crippen LogP contribution in [0.1, 0.15) is 40.1 Å².